The van der Waals surface area contributed by atoms with Gasteiger partial charge < -0.3 is 9.80 Å². The van der Waals surface area contributed by atoms with Crippen molar-refractivity contribution in [3.8, 4) is 0 Å². The van der Waals surface area contributed by atoms with Crippen molar-refractivity contribution in [1.29, 1.82) is 0 Å². The molecule has 2 amide bonds. The Hall–Kier alpha value is -1.93. The monoisotopic (exact) mass is 391 g/mol. The highest BCUT2D eigenvalue weighted by atomic mass is 32.2. The van der Waals surface area contributed by atoms with E-state index in [0.29, 0.717) is 19.6 Å². The van der Waals surface area contributed by atoms with Gasteiger partial charge in [-0.25, -0.2) is 8.42 Å². The second-order valence-electron chi connectivity index (χ2n) is 7.69. The van der Waals surface area contributed by atoms with Crippen LogP contribution in [0.1, 0.15) is 24.8 Å². The maximum atomic E-state index is 12.5. The number of rotatable bonds is 5. The normalized spacial score (nSPS) is 24.4. The van der Waals surface area contributed by atoms with Crippen LogP contribution in [-0.4, -0.2) is 73.1 Å². The van der Waals surface area contributed by atoms with Gasteiger partial charge in [-0.2, -0.15) is 4.31 Å². The van der Waals surface area contributed by atoms with Gasteiger partial charge in [-0.3, -0.25) is 9.59 Å². The van der Waals surface area contributed by atoms with Crippen LogP contribution in [0.4, 0.5) is 0 Å². The first-order chi connectivity index (χ1) is 12.9. The molecule has 3 saturated heterocycles. The third-order valence-corrected chi connectivity index (χ3v) is 7.56. The average Bonchev–Trinajstić information content (AvgIpc) is 3.24. The molecule has 3 aliphatic rings. The molecule has 7 nitrogen and oxygen atoms in total. The lowest BCUT2D eigenvalue weighted by atomic mass is 10.1. The third kappa shape index (κ3) is 3.73. The molecule has 1 aromatic carbocycles. The molecule has 0 aromatic heterocycles. The molecule has 0 spiro atoms. The van der Waals surface area contributed by atoms with Gasteiger partial charge in [-0.05, 0) is 18.4 Å². The summed E-state index contributed by atoms with van der Waals surface area (Å²) < 4.78 is 26.5. The molecule has 3 heterocycles. The van der Waals surface area contributed by atoms with E-state index < -0.39 is 10.0 Å². The van der Waals surface area contributed by atoms with Crippen LogP contribution in [0, 0.1) is 5.92 Å². The molecular weight excluding hydrogens is 366 g/mol. The van der Waals surface area contributed by atoms with E-state index in [4.69, 9.17) is 0 Å². The molecule has 0 radical (unpaired) electrons. The standard InChI is InChI=1S/C19H25N3O4S/c23-18-10-16(19(24)20-8-4-5-9-20)11-22(18)17-12-21(13-17)27(25,26)14-15-6-2-1-3-7-15/h1-3,6-7,16-17H,4-5,8-14H2. The lowest BCUT2D eigenvalue weighted by Gasteiger charge is -2.43. The average molecular weight is 391 g/mol. The molecule has 3 aliphatic heterocycles. The van der Waals surface area contributed by atoms with Gasteiger partial charge in [0.05, 0.1) is 17.7 Å². The molecule has 0 bridgehead atoms. The fourth-order valence-corrected chi connectivity index (χ4v) is 5.76. The van der Waals surface area contributed by atoms with Crippen LogP contribution in [0.5, 0.6) is 0 Å². The first kappa shape index (κ1) is 18.4. The van der Waals surface area contributed by atoms with Crippen LogP contribution < -0.4 is 0 Å². The summed E-state index contributed by atoms with van der Waals surface area (Å²) in [6.07, 6.45) is 2.32. The zero-order valence-corrected chi connectivity index (χ0v) is 16.1. The molecule has 1 aromatic rings. The highest BCUT2D eigenvalue weighted by Gasteiger charge is 2.46. The Bertz CT molecular complexity index is 815. The number of sulfonamides is 1. The van der Waals surface area contributed by atoms with Crippen LogP contribution in [0.3, 0.4) is 0 Å². The number of amides is 2. The summed E-state index contributed by atoms with van der Waals surface area (Å²) in [4.78, 5) is 28.5. The van der Waals surface area contributed by atoms with Gasteiger partial charge >= 0.3 is 0 Å². The summed E-state index contributed by atoms with van der Waals surface area (Å²) in [5.74, 6) is -0.246. The first-order valence-electron chi connectivity index (χ1n) is 9.54. The third-order valence-electron chi connectivity index (χ3n) is 5.78. The van der Waals surface area contributed by atoms with Crippen molar-refractivity contribution in [1.82, 2.24) is 14.1 Å². The SMILES string of the molecule is O=C(C1CC(=O)N(C2CN(S(=O)(=O)Cc3ccccc3)C2)C1)N1CCCC1. The van der Waals surface area contributed by atoms with Gasteiger partial charge in [-0.15, -0.1) is 0 Å². The zero-order chi connectivity index (χ0) is 19.0. The van der Waals surface area contributed by atoms with E-state index in [9.17, 15) is 18.0 Å². The van der Waals surface area contributed by atoms with Crippen LogP contribution in [0.15, 0.2) is 30.3 Å². The lowest BCUT2D eigenvalue weighted by Crippen LogP contribution is -2.61. The highest BCUT2D eigenvalue weighted by Crippen LogP contribution is 2.29. The molecule has 27 heavy (non-hydrogen) atoms. The Morgan fingerprint density at radius 1 is 1.04 bits per heavy atom. The maximum absolute atomic E-state index is 12.5. The van der Waals surface area contributed by atoms with Gasteiger partial charge in [0.25, 0.3) is 0 Å². The highest BCUT2D eigenvalue weighted by molar-refractivity contribution is 7.88. The zero-order valence-electron chi connectivity index (χ0n) is 15.3. The van der Waals surface area contributed by atoms with E-state index in [1.165, 1.54) is 4.31 Å². The van der Waals surface area contributed by atoms with Gasteiger partial charge in [-0.1, -0.05) is 30.3 Å². The molecule has 3 fully saturated rings. The molecule has 0 aliphatic carbocycles. The van der Waals surface area contributed by atoms with E-state index in [0.717, 1.165) is 31.5 Å². The Labute approximate surface area is 160 Å². The molecule has 0 saturated carbocycles. The number of hydrogen-bond acceptors (Lipinski definition) is 4. The van der Waals surface area contributed by atoms with Gasteiger partial charge in [0.1, 0.15) is 0 Å². The second-order valence-corrected chi connectivity index (χ2v) is 9.66. The predicted octanol–water partition coefficient (Wildman–Crippen LogP) is 0.672. The van der Waals surface area contributed by atoms with E-state index in [1.54, 1.807) is 17.0 Å². The minimum atomic E-state index is -3.38. The van der Waals surface area contributed by atoms with Crippen molar-refractivity contribution >= 4 is 21.8 Å². The Morgan fingerprint density at radius 3 is 2.37 bits per heavy atom. The summed E-state index contributed by atoms with van der Waals surface area (Å²) in [5, 5.41) is 0. The summed E-state index contributed by atoms with van der Waals surface area (Å²) in [7, 11) is -3.38. The summed E-state index contributed by atoms with van der Waals surface area (Å²) in [6, 6.07) is 8.99. The molecule has 8 heteroatoms. The predicted molar refractivity (Wildman–Crippen MR) is 100 cm³/mol. The number of benzene rings is 1. The largest absolute Gasteiger partial charge is 0.342 e. The Balaban J connectivity index is 1.32. The second kappa shape index (κ2) is 7.24. The molecular formula is C19H25N3O4S. The minimum Gasteiger partial charge on any atom is -0.342 e. The summed E-state index contributed by atoms with van der Waals surface area (Å²) in [6.45, 7) is 2.65. The van der Waals surface area contributed by atoms with E-state index in [1.807, 2.05) is 23.1 Å². The van der Waals surface area contributed by atoms with Gasteiger partial charge in [0.15, 0.2) is 0 Å². The van der Waals surface area contributed by atoms with E-state index in [-0.39, 0.29) is 35.9 Å². The van der Waals surface area contributed by atoms with Crippen LogP contribution in [0.25, 0.3) is 0 Å². The molecule has 0 N–H and O–H groups in total. The quantitative estimate of drug-likeness (QED) is 0.739. The lowest BCUT2D eigenvalue weighted by molar-refractivity contribution is -0.135. The fourth-order valence-electron chi connectivity index (χ4n) is 4.16. The smallest absolute Gasteiger partial charge is 0.227 e. The van der Waals surface area contributed by atoms with Crippen molar-refractivity contribution in [3.63, 3.8) is 0 Å². The van der Waals surface area contributed by atoms with Gasteiger partial charge in [0, 0.05) is 39.1 Å². The van der Waals surface area contributed by atoms with Crippen molar-refractivity contribution in [3.05, 3.63) is 35.9 Å². The maximum Gasteiger partial charge on any atom is 0.227 e. The van der Waals surface area contributed by atoms with E-state index >= 15 is 0 Å². The van der Waals surface area contributed by atoms with E-state index in [2.05, 4.69) is 0 Å². The molecule has 1 atom stereocenters. The summed E-state index contributed by atoms with van der Waals surface area (Å²) >= 11 is 0. The number of carbonyl (C=O) groups excluding carboxylic acids is 2. The number of likely N-dealkylation sites (tertiary alicyclic amines) is 2. The van der Waals surface area contributed by atoms with Crippen molar-refractivity contribution in [2.24, 2.45) is 5.92 Å². The van der Waals surface area contributed by atoms with Crippen molar-refractivity contribution < 1.29 is 18.0 Å². The van der Waals surface area contributed by atoms with Gasteiger partial charge in [0.2, 0.25) is 21.8 Å². The Morgan fingerprint density at radius 2 is 1.70 bits per heavy atom. The minimum absolute atomic E-state index is 0.0232. The fraction of sp³-hybridized carbons (Fsp3) is 0.579. The first-order valence-corrected chi connectivity index (χ1v) is 11.1. The van der Waals surface area contributed by atoms with Crippen LogP contribution in [-0.2, 0) is 25.4 Å². The Kier molecular flexibility index (Phi) is 4.94. The molecule has 146 valence electrons. The molecule has 1 unspecified atom stereocenters. The summed E-state index contributed by atoms with van der Waals surface area (Å²) in [5.41, 5.74) is 0.759. The van der Waals surface area contributed by atoms with Crippen molar-refractivity contribution in [2.75, 3.05) is 32.7 Å². The number of carbonyl (C=O) groups is 2. The number of hydrogen-bond donors (Lipinski definition) is 0. The molecule has 4 rings (SSSR count). The number of nitrogens with zero attached hydrogens (tertiary/aromatic N) is 3. The van der Waals surface area contributed by atoms with Crippen molar-refractivity contribution in [2.45, 2.75) is 31.1 Å². The van der Waals surface area contributed by atoms with Crippen LogP contribution in [0.2, 0.25) is 0 Å². The topological polar surface area (TPSA) is 78.0 Å². The van der Waals surface area contributed by atoms with Crippen LogP contribution >= 0.6 is 0 Å².